The topological polar surface area (TPSA) is 55.3 Å². The number of anilines is 1. The summed E-state index contributed by atoms with van der Waals surface area (Å²) >= 11 is 7.47. The lowest BCUT2D eigenvalue weighted by Gasteiger charge is -2.22. The van der Waals surface area contributed by atoms with Crippen LogP contribution in [0.15, 0.2) is 0 Å². The SMILES string of the molecule is CCN(CC)c1nc(Cl)nc2sc(C(=O)OC3CCCCC3)c(C)c12. The van der Waals surface area contributed by atoms with E-state index in [9.17, 15) is 4.79 Å². The van der Waals surface area contributed by atoms with Gasteiger partial charge in [-0.15, -0.1) is 11.3 Å². The summed E-state index contributed by atoms with van der Waals surface area (Å²) in [6, 6.07) is 0. The van der Waals surface area contributed by atoms with E-state index in [0.717, 1.165) is 60.4 Å². The highest BCUT2D eigenvalue weighted by atomic mass is 35.5. The standard InChI is InChI=1S/C18H24ClN3O2S/c1-4-22(5-2)15-13-11(3)14(25-16(13)21-18(19)20-15)17(23)24-12-9-7-6-8-10-12/h12H,4-10H2,1-3H3. The molecule has 5 nitrogen and oxygen atoms in total. The highest BCUT2D eigenvalue weighted by Crippen LogP contribution is 2.37. The molecule has 25 heavy (non-hydrogen) atoms. The predicted octanol–water partition coefficient (Wildman–Crippen LogP) is 4.99. The molecule has 0 atom stereocenters. The van der Waals surface area contributed by atoms with Crippen LogP contribution in [0.3, 0.4) is 0 Å². The molecule has 1 fully saturated rings. The van der Waals surface area contributed by atoms with Gasteiger partial charge < -0.3 is 9.64 Å². The molecule has 0 aromatic carbocycles. The van der Waals surface area contributed by atoms with Crippen molar-refractivity contribution in [2.45, 2.75) is 59.0 Å². The first-order valence-corrected chi connectivity index (χ1v) is 10.2. The lowest BCUT2D eigenvalue weighted by atomic mass is 9.98. The van der Waals surface area contributed by atoms with Crippen LogP contribution >= 0.6 is 22.9 Å². The number of carbonyl (C=O) groups is 1. The lowest BCUT2D eigenvalue weighted by molar-refractivity contribution is 0.0216. The van der Waals surface area contributed by atoms with Gasteiger partial charge in [0.05, 0.1) is 5.39 Å². The number of hydrogen-bond donors (Lipinski definition) is 0. The smallest absolute Gasteiger partial charge is 0.348 e. The van der Waals surface area contributed by atoms with E-state index in [0.29, 0.717) is 4.88 Å². The highest BCUT2D eigenvalue weighted by molar-refractivity contribution is 7.20. The van der Waals surface area contributed by atoms with Gasteiger partial charge in [0.25, 0.3) is 0 Å². The van der Waals surface area contributed by atoms with Gasteiger partial charge >= 0.3 is 5.97 Å². The number of esters is 1. The maximum Gasteiger partial charge on any atom is 0.348 e. The van der Waals surface area contributed by atoms with Gasteiger partial charge in [-0.05, 0) is 63.6 Å². The number of ether oxygens (including phenoxy) is 1. The predicted molar refractivity (Wildman–Crippen MR) is 103 cm³/mol. The summed E-state index contributed by atoms with van der Waals surface area (Å²) in [4.78, 5) is 25.0. The minimum Gasteiger partial charge on any atom is -0.458 e. The third-order valence-corrected chi connectivity index (χ3v) is 6.15. The number of hydrogen-bond acceptors (Lipinski definition) is 6. The molecular formula is C18H24ClN3O2S. The van der Waals surface area contributed by atoms with Crippen LogP contribution in [0.2, 0.25) is 5.28 Å². The third kappa shape index (κ3) is 3.75. The van der Waals surface area contributed by atoms with Crippen molar-refractivity contribution < 1.29 is 9.53 Å². The van der Waals surface area contributed by atoms with Gasteiger partial charge in [0.15, 0.2) is 0 Å². The Morgan fingerprint density at radius 2 is 1.92 bits per heavy atom. The van der Waals surface area contributed by atoms with Crippen LogP contribution in [0.1, 0.15) is 61.2 Å². The Labute approximate surface area is 157 Å². The largest absolute Gasteiger partial charge is 0.458 e. The van der Waals surface area contributed by atoms with Crippen molar-refractivity contribution in [1.29, 1.82) is 0 Å². The molecule has 0 radical (unpaired) electrons. The summed E-state index contributed by atoms with van der Waals surface area (Å²) < 4.78 is 5.75. The van der Waals surface area contributed by atoms with Crippen molar-refractivity contribution in [2.24, 2.45) is 0 Å². The zero-order valence-corrected chi connectivity index (χ0v) is 16.5. The number of rotatable bonds is 5. The van der Waals surface area contributed by atoms with Crippen LogP contribution in [-0.4, -0.2) is 35.1 Å². The Bertz CT molecular complexity index is 767. The third-order valence-electron chi connectivity index (χ3n) is 4.82. The molecular weight excluding hydrogens is 358 g/mol. The van der Waals surface area contributed by atoms with Crippen LogP contribution in [0, 0.1) is 6.92 Å². The highest BCUT2D eigenvalue weighted by Gasteiger charge is 2.25. The second-order valence-electron chi connectivity index (χ2n) is 6.39. The first kappa shape index (κ1) is 18.4. The molecule has 2 aromatic rings. The summed E-state index contributed by atoms with van der Waals surface area (Å²) in [5, 5.41) is 1.12. The average molecular weight is 382 g/mol. The molecule has 7 heteroatoms. The maximum absolute atomic E-state index is 12.7. The van der Waals surface area contributed by atoms with Crippen LogP contribution in [0.4, 0.5) is 5.82 Å². The van der Waals surface area contributed by atoms with Crippen LogP contribution in [0.5, 0.6) is 0 Å². The summed E-state index contributed by atoms with van der Waals surface area (Å²) in [6.45, 7) is 7.73. The number of carbonyl (C=O) groups excluding carboxylic acids is 1. The molecule has 0 N–H and O–H groups in total. The van der Waals surface area contributed by atoms with Gasteiger partial charge in [0, 0.05) is 13.1 Å². The Morgan fingerprint density at radius 1 is 1.24 bits per heavy atom. The summed E-state index contributed by atoms with van der Waals surface area (Å²) in [6.07, 6.45) is 5.48. The summed E-state index contributed by atoms with van der Waals surface area (Å²) in [5.74, 6) is 0.555. The normalized spacial score (nSPS) is 15.5. The fourth-order valence-electron chi connectivity index (χ4n) is 3.43. The number of thiophene rings is 1. The van der Waals surface area contributed by atoms with E-state index in [1.165, 1.54) is 17.8 Å². The van der Waals surface area contributed by atoms with E-state index in [2.05, 4.69) is 28.7 Å². The molecule has 0 bridgehead atoms. The van der Waals surface area contributed by atoms with Gasteiger partial charge in [0.2, 0.25) is 5.28 Å². The van der Waals surface area contributed by atoms with E-state index in [1.807, 2.05) is 6.92 Å². The molecule has 1 aliphatic carbocycles. The van der Waals surface area contributed by atoms with Crippen molar-refractivity contribution in [2.75, 3.05) is 18.0 Å². The molecule has 0 unspecified atom stereocenters. The zero-order chi connectivity index (χ0) is 18.0. The number of halogens is 1. The van der Waals surface area contributed by atoms with Gasteiger partial charge in [0.1, 0.15) is 21.6 Å². The molecule has 0 aliphatic heterocycles. The molecule has 0 amide bonds. The first-order chi connectivity index (χ1) is 12.0. The fourth-order valence-corrected chi connectivity index (χ4v) is 4.70. The molecule has 2 aromatic heterocycles. The second-order valence-corrected chi connectivity index (χ2v) is 7.73. The van der Waals surface area contributed by atoms with E-state index >= 15 is 0 Å². The average Bonchev–Trinajstić information content (AvgIpc) is 2.93. The summed E-state index contributed by atoms with van der Waals surface area (Å²) in [5.41, 5.74) is 0.888. The van der Waals surface area contributed by atoms with Gasteiger partial charge in [-0.3, -0.25) is 0 Å². The van der Waals surface area contributed by atoms with Gasteiger partial charge in [-0.2, -0.15) is 4.98 Å². The number of aryl methyl sites for hydroxylation is 1. The zero-order valence-electron chi connectivity index (χ0n) is 15.0. The molecule has 3 rings (SSSR count). The molecule has 1 aliphatic rings. The van der Waals surface area contributed by atoms with E-state index in [1.54, 1.807) is 0 Å². The van der Waals surface area contributed by atoms with Crippen LogP contribution in [0.25, 0.3) is 10.2 Å². The van der Waals surface area contributed by atoms with Crippen molar-refractivity contribution >= 4 is 44.9 Å². The molecule has 0 spiro atoms. The minimum absolute atomic E-state index is 0.0442. The van der Waals surface area contributed by atoms with Gasteiger partial charge in [-0.25, -0.2) is 9.78 Å². The fraction of sp³-hybridized carbons (Fsp3) is 0.611. The first-order valence-electron chi connectivity index (χ1n) is 8.97. The Morgan fingerprint density at radius 3 is 2.56 bits per heavy atom. The van der Waals surface area contributed by atoms with Crippen molar-refractivity contribution in [1.82, 2.24) is 9.97 Å². The molecule has 136 valence electrons. The molecule has 2 heterocycles. The Balaban J connectivity index is 1.98. The van der Waals surface area contributed by atoms with Crippen LogP contribution in [-0.2, 0) is 4.74 Å². The minimum atomic E-state index is -0.242. The van der Waals surface area contributed by atoms with Crippen LogP contribution < -0.4 is 4.90 Å². The van der Waals surface area contributed by atoms with E-state index < -0.39 is 0 Å². The van der Waals surface area contributed by atoms with Crippen molar-refractivity contribution in [3.05, 3.63) is 15.7 Å². The number of nitrogens with zero attached hydrogens (tertiary/aromatic N) is 3. The summed E-state index contributed by atoms with van der Waals surface area (Å²) in [7, 11) is 0. The Kier molecular flexibility index (Phi) is 5.79. The Hall–Kier alpha value is -1.40. The maximum atomic E-state index is 12.7. The molecule has 1 saturated carbocycles. The van der Waals surface area contributed by atoms with E-state index in [4.69, 9.17) is 16.3 Å². The molecule has 0 saturated heterocycles. The van der Waals surface area contributed by atoms with Crippen molar-refractivity contribution in [3.8, 4) is 0 Å². The van der Waals surface area contributed by atoms with E-state index in [-0.39, 0.29) is 17.4 Å². The van der Waals surface area contributed by atoms with Crippen molar-refractivity contribution in [3.63, 3.8) is 0 Å². The number of aromatic nitrogens is 2. The monoisotopic (exact) mass is 381 g/mol. The lowest BCUT2D eigenvalue weighted by Crippen LogP contribution is -2.23. The quantitative estimate of drug-likeness (QED) is 0.539. The second kappa shape index (κ2) is 7.87. The van der Waals surface area contributed by atoms with Gasteiger partial charge in [-0.1, -0.05) is 6.42 Å². The number of fused-ring (bicyclic) bond motifs is 1.